The summed E-state index contributed by atoms with van der Waals surface area (Å²) in [4.78, 5) is 15.2. The van der Waals surface area contributed by atoms with E-state index in [0.717, 1.165) is 13.1 Å². The highest BCUT2D eigenvalue weighted by atomic mass is 32.2. The molecule has 1 aromatic carbocycles. The number of benzene rings is 1. The molecule has 7 nitrogen and oxygen atoms in total. The molecule has 156 valence electrons. The summed E-state index contributed by atoms with van der Waals surface area (Å²) in [6.45, 7) is 1.81. The number of carbonyl (C=O) groups is 1. The van der Waals surface area contributed by atoms with Gasteiger partial charge in [0, 0.05) is 56.1 Å². The molecule has 3 heterocycles. The Morgan fingerprint density at radius 2 is 1.93 bits per heavy atom. The van der Waals surface area contributed by atoms with E-state index in [1.165, 1.54) is 10.8 Å². The third-order valence-corrected chi connectivity index (χ3v) is 6.29. The van der Waals surface area contributed by atoms with Crippen molar-refractivity contribution in [2.45, 2.75) is 10.9 Å². The summed E-state index contributed by atoms with van der Waals surface area (Å²) >= 11 is 0. The topological polar surface area (TPSA) is 75.6 Å². The van der Waals surface area contributed by atoms with E-state index in [1.807, 2.05) is 7.05 Å². The van der Waals surface area contributed by atoms with Crippen molar-refractivity contribution in [3.8, 4) is 5.75 Å². The van der Waals surface area contributed by atoms with Gasteiger partial charge in [-0.3, -0.25) is 4.79 Å². The van der Waals surface area contributed by atoms with Gasteiger partial charge in [0.25, 0.3) is 5.91 Å². The summed E-state index contributed by atoms with van der Waals surface area (Å²) < 4.78 is 63.2. The van der Waals surface area contributed by atoms with Gasteiger partial charge >= 0.3 is 0 Å². The Hall–Kier alpha value is -2.37. The van der Waals surface area contributed by atoms with Gasteiger partial charge in [-0.1, -0.05) is 0 Å². The molecule has 0 aliphatic carbocycles. The number of aromatic nitrogens is 1. The van der Waals surface area contributed by atoms with E-state index in [0.29, 0.717) is 23.6 Å². The molecule has 2 aliphatic rings. The number of hydrogen-bond acceptors (Lipinski definition) is 4. The molecule has 0 saturated carbocycles. The fourth-order valence-corrected chi connectivity index (χ4v) is 4.96. The zero-order valence-electron chi connectivity index (χ0n) is 15.7. The second-order valence-electron chi connectivity index (χ2n) is 7.28. The minimum absolute atomic E-state index is 0.00312. The Morgan fingerprint density at radius 1 is 1.24 bits per heavy atom. The van der Waals surface area contributed by atoms with Crippen molar-refractivity contribution in [1.82, 2.24) is 14.2 Å². The van der Waals surface area contributed by atoms with Crippen LogP contribution in [0.1, 0.15) is 10.5 Å². The van der Waals surface area contributed by atoms with Gasteiger partial charge in [0.05, 0.1) is 6.61 Å². The van der Waals surface area contributed by atoms with E-state index < -0.39 is 34.3 Å². The monoisotopic (exact) mass is 428 g/mol. The molecular weight excluding hydrogens is 409 g/mol. The van der Waals surface area contributed by atoms with Gasteiger partial charge in [0.2, 0.25) is 0 Å². The van der Waals surface area contributed by atoms with Crippen LogP contribution in [0.15, 0.2) is 23.2 Å². The summed E-state index contributed by atoms with van der Waals surface area (Å²) in [6.07, 6.45) is 1.51. The molecule has 3 unspecified atom stereocenters. The van der Waals surface area contributed by atoms with Gasteiger partial charge in [-0.15, -0.1) is 0 Å². The fraction of sp³-hybridized carbons (Fsp3) is 0.389. The van der Waals surface area contributed by atoms with Crippen molar-refractivity contribution in [3.05, 3.63) is 41.5 Å². The number of aryl methyl sites for hydroxylation is 1. The summed E-state index contributed by atoms with van der Waals surface area (Å²) in [7, 11) is 1.93. The molecule has 0 radical (unpaired) electrons. The summed E-state index contributed by atoms with van der Waals surface area (Å²) in [5.74, 6) is -4.94. The predicted molar refractivity (Wildman–Crippen MR) is 99.5 cm³/mol. The largest absolute Gasteiger partial charge is 0.489 e. The number of halogens is 3. The minimum atomic E-state index is -1.62. The summed E-state index contributed by atoms with van der Waals surface area (Å²) in [5.41, 5.74) is -0.200. The SMILES string of the molecule is CN1CC2COc3c(cn(C)c3C(=O)Nc3cc(F)c(F)c(F)c3)S(=O)NC2C1. The van der Waals surface area contributed by atoms with Crippen LogP contribution in [0, 0.1) is 23.4 Å². The number of nitrogens with one attached hydrogen (secondary N) is 2. The minimum Gasteiger partial charge on any atom is -0.489 e. The molecule has 1 aromatic heterocycles. The number of nitrogens with zero attached hydrogens (tertiary/aromatic N) is 2. The first kappa shape index (κ1) is 19.9. The number of likely N-dealkylation sites (N-methyl/N-ethyl adjacent to an activating group) is 1. The zero-order chi connectivity index (χ0) is 20.9. The number of amides is 1. The predicted octanol–water partition coefficient (Wildman–Crippen LogP) is 1.63. The van der Waals surface area contributed by atoms with Crippen molar-refractivity contribution in [3.63, 3.8) is 0 Å². The maximum atomic E-state index is 13.4. The van der Waals surface area contributed by atoms with Crippen molar-refractivity contribution in [2.75, 3.05) is 32.1 Å². The average Bonchev–Trinajstić information content (AvgIpc) is 3.15. The van der Waals surface area contributed by atoms with E-state index in [-0.39, 0.29) is 29.1 Å². The molecule has 2 N–H and O–H groups in total. The lowest BCUT2D eigenvalue weighted by molar-refractivity contribution is 0.101. The quantitative estimate of drug-likeness (QED) is 0.713. The van der Waals surface area contributed by atoms with Crippen LogP contribution < -0.4 is 14.8 Å². The lowest BCUT2D eigenvalue weighted by atomic mass is 10.1. The number of ether oxygens (including phenoxy) is 1. The van der Waals surface area contributed by atoms with Gasteiger partial charge in [-0.25, -0.2) is 22.1 Å². The second kappa shape index (κ2) is 7.47. The van der Waals surface area contributed by atoms with Crippen molar-refractivity contribution >= 4 is 22.6 Å². The smallest absolute Gasteiger partial charge is 0.276 e. The highest BCUT2D eigenvalue weighted by Gasteiger charge is 2.37. The molecule has 2 aliphatic heterocycles. The first-order valence-electron chi connectivity index (χ1n) is 8.89. The molecule has 4 rings (SSSR count). The highest BCUT2D eigenvalue weighted by Crippen LogP contribution is 2.33. The molecule has 0 spiro atoms. The lowest BCUT2D eigenvalue weighted by Crippen LogP contribution is -2.41. The normalized spacial score (nSPS) is 24.2. The van der Waals surface area contributed by atoms with Crippen molar-refractivity contribution in [1.29, 1.82) is 0 Å². The molecule has 11 heteroatoms. The zero-order valence-corrected chi connectivity index (χ0v) is 16.5. The highest BCUT2D eigenvalue weighted by molar-refractivity contribution is 7.83. The van der Waals surface area contributed by atoms with Crippen LogP contribution in [-0.2, 0) is 18.0 Å². The van der Waals surface area contributed by atoms with Gasteiger partial charge in [-0.2, -0.15) is 0 Å². The van der Waals surface area contributed by atoms with Crippen molar-refractivity contribution < 1.29 is 26.9 Å². The number of carbonyl (C=O) groups excluding carboxylic acids is 1. The van der Waals surface area contributed by atoms with Gasteiger partial charge in [-0.05, 0) is 7.05 Å². The molecule has 1 fully saturated rings. The van der Waals surface area contributed by atoms with Crippen LogP contribution in [-0.4, -0.2) is 52.4 Å². The van der Waals surface area contributed by atoms with Crippen LogP contribution >= 0.6 is 0 Å². The third-order valence-electron chi connectivity index (χ3n) is 5.08. The molecule has 1 amide bonds. The first-order chi connectivity index (χ1) is 13.7. The first-order valence-corrected chi connectivity index (χ1v) is 10.0. The number of likely N-dealkylation sites (tertiary alicyclic amines) is 1. The second-order valence-corrected chi connectivity index (χ2v) is 8.49. The Labute approximate surface area is 167 Å². The number of anilines is 1. The van der Waals surface area contributed by atoms with Gasteiger partial charge < -0.3 is 19.5 Å². The van der Waals surface area contributed by atoms with Crippen LogP contribution in [0.25, 0.3) is 0 Å². The average molecular weight is 428 g/mol. The standard InChI is InChI=1S/C18H19F3N4O3S/c1-24-5-9-8-28-17-14(29(27)23-13(9)6-24)7-25(2)16(17)18(26)22-10-3-11(19)15(21)12(20)4-10/h3-4,7,9,13,23H,5-6,8H2,1-2H3,(H,22,26). The van der Waals surface area contributed by atoms with Crippen LogP contribution in [0.5, 0.6) is 5.75 Å². The molecule has 29 heavy (non-hydrogen) atoms. The lowest BCUT2D eigenvalue weighted by Gasteiger charge is -2.23. The van der Waals surface area contributed by atoms with Crippen molar-refractivity contribution in [2.24, 2.45) is 13.0 Å². The fourth-order valence-electron chi connectivity index (χ4n) is 3.71. The third kappa shape index (κ3) is 3.65. The Morgan fingerprint density at radius 3 is 2.62 bits per heavy atom. The molecule has 0 bridgehead atoms. The Bertz CT molecular complexity index is 989. The van der Waals surface area contributed by atoms with Gasteiger partial charge in [0.1, 0.15) is 15.9 Å². The summed E-state index contributed by atoms with van der Waals surface area (Å²) in [5, 5.41) is 2.33. The van der Waals surface area contributed by atoms with E-state index >= 15 is 0 Å². The van der Waals surface area contributed by atoms with E-state index in [1.54, 1.807) is 7.05 Å². The maximum Gasteiger partial charge on any atom is 0.276 e. The maximum absolute atomic E-state index is 13.4. The van der Waals surface area contributed by atoms with E-state index in [9.17, 15) is 22.2 Å². The number of hydrogen-bond donors (Lipinski definition) is 2. The number of rotatable bonds is 2. The Balaban J connectivity index is 1.64. The van der Waals surface area contributed by atoms with Crippen LogP contribution in [0.4, 0.5) is 18.9 Å². The molecular formula is C18H19F3N4O3S. The Kier molecular flexibility index (Phi) is 5.13. The summed E-state index contributed by atoms with van der Waals surface area (Å²) in [6, 6.07) is 1.36. The van der Waals surface area contributed by atoms with E-state index in [2.05, 4.69) is 14.9 Å². The molecule has 3 atom stereocenters. The van der Waals surface area contributed by atoms with Crippen LogP contribution in [0.3, 0.4) is 0 Å². The van der Waals surface area contributed by atoms with Crippen LogP contribution in [0.2, 0.25) is 0 Å². The van der Waals surface area contributed by atoms with Gasteiger partial charge in [0.15, 0.2) is 28.9 Å². The van der Waals surface area contributed by atoms with E-state index in [4.69, 9.17) is 4.74 Å². The molecule has 1 saturated heterocycles. The molecule has 2 aromatic rings. The number of fused-ring (bicyclic) bond motifs is 2.